The number of fused-ring (bicyclic) bond motifs is 2. The smallest absolute Gasteiger partial charge is 0.225 e. The Morgan fingerprint density at radius 3 is 2.97 bits per heavy atom. The van der Waals surface area contributed by atoms with Crippen molar-refractivity contribution >= 4 is 21.6 Å². The zero-order chi connectivity index (χ0) is 20.7. The Bertz CT molecular complexity index is 1200. The number of ether oxygens (including phenoxy) is 1. The fourth-order valence-electron chi connectivity index (χ4n) is 4.02. The number of H-pyrrole nitrogens is 1. The van der Waals surface area contributed by atoms with Gasteiger partial charge in [0, 0.05) is 6.42 Å². The minimum Gasteiger partial charge on any atom is -0.497 e. The number of hydrogen-bond donors (Lipinski definition) is 3. The zero-order valence-electron chi connectivity index (χ0n) is 16.3. The molecule has 11 heteroatoms. The van der Waals surface area contributed by atoms with Crippen LogP contribution in [0.15, 0.2) is 29.4 Å². The lowest BCUT2D eigenvalue weighted by molar-refractivity contribution is 0.414. The number of aromatic nitrogens is 5. The van der Waals surface area contributed by atoms with Gasteiger partial charge in [-0.1, -0.05) is 6.07 Å². The Morgan fingerprint density at radius 2 is 2.17 bits per heavy atom. The van der Waals surface area contributed by atoms with Gasteiger partial charge in [0.2, 0.25) is 5.95 Å². The molecule has 30 heavy (non-hydrogen) atoms. The van der Waals surface area contributed by atoms with Gasteiger partial charge in [-0.25, -0.2) is 18.4 Å². The summed E-state index contributed by atoms with van der Waals surface area (Å²) in [6.07, 6.45) is 3.54. The van der Waals surface area contributed by atoms with Crippen molar-refractivity contribution in [2.45, 2.75) is 36.7 Å². The number of nitrogens with one attached hydrogen (secondary N) is 3. The number of rotatable bonds is 6. The summed E-state index contributed by atoms with van der Waals surface area (Å²) in [5.74, 6) is 2.22. The molecule has 1 aromatic carbocycles. The minimum absolute atomic E-state index is 0.0252. The van der Waals surface area contributed by atoms with Crippen LogP contribution in [0.1, 0.15) is 35.1 Å². The molecule has 1 aliphatic carbocycles. The van der Waals surface area contributed by atoms with E-state index in [1.54, 1.807) is 7.11 Å². The molecule has 156 valence electrons. The molecule has 0 amide bonds. The van der Waals surface area contributed by atoms with Crippen molar-refractivity contribution in [1.82, 2.24) is 25.1 Å². The van der Waals surface area contributed by atoms with Gasteiger partial charge in [0.1, 0.15) is 22.8 Å². The summed E-state index contributed by atoms with van der Waals surface area (Å²) < 4.78 is 30.6. The van der Waals surface area contributed by atoms with Gasteiger partial charge in [-0.15, -0.1) is 0 Å². The van der Waals surface area contributed by atoms with Crippen LogP contribution in [0.25, 0.3) is 0 Å². The van der Waals surface area contributed by atoms with Gasteiger partial charge in [0.15, 0.2) is 15.7 Å². The molecule has 0 fully saturated rings. The van der Waals surface area contributed by atoms with Crippen molar-refractivity contribution < 1.29 is 13.2 Å². The highest BCUT2D eigenvalue weighted by atomic mass is 32.2. The average molecular weight is 427 g/mol. The third kappa shape index (κ3) is 3.34. The first-order valence-electron chi connectivity index (χ1n) is 9.68. The zero-order valence-corrected chi connectivity index (χ0v) is 17.2. The van der Waals surface area contributed by atoms with Crippen LogP contribution in [-0.2, 0) is 29.2 Å². The molecule has 1 aliphatic heterocycles. The van der Waals surface area contributed by atoms with Crippen LogP contribution in [0.2, 0.25) is 0 Å². The highest BCUT2D eigenvalue weighted by Gasteiger charge is 2.34. The largest absolute Gasteiger partial charge is 0.497 e. The normalized spacial score (nSPS) is 18.6. The maximum absolute atomic E-state index is 12.7. The van der Waals surface area contributed by atoms with Crippen LogP contribution in [0.5, 0.6) is 5.75 Å². The van der Waals surface area contributed by atoms with E-state index in [2.05, 4.69) is 35.8 Å². The van der Waals surface area contributed by atoms with Crippen molar-refractivity contribution in [2.24, 2.45) is 0 Å². The van der Waals surface area contributed by atoms with E-state index in [0.29, 0.717) is 36.3 Å². The van der Waals surface area contributed by atoms with Crippen molar-refractivity contribution in [3.05, 3.63) is 47.2 Å². The summed E-state index contributed by atoms with van der Waals surface area (Å²) in [4.78, 5) is 13.2. The molecule has 0 saturated heterocycles. The van der Waals surface area contributed by atoms with E-state index < -0.39 is 9.84 Å². The Hall–Kier alpha value is -3.21. The van der Waals surface area contributed by atoms with Crippen LogP contribution in [0.3, 0.4) is 0 Å². The highest BCUT2D eigenvalue weighted by molar-refractivity contribution is 7.91. The Balaban J connectivity index is 1.47. The van der Waals surface area contributed by atoms with Gasteiger partial charge in [-0.2, -0.15) is 10.1 Å². The lowest BCUT2D eigenvalue weighted by Gasteiger charge is -2.18. The SMILES string of the molecule is COc1ccc2c(c1)CCC2Nc1nc(NCc2ncn[nH]2)nc2c1S(=O)(=O)CC2. The molecule has 3 N–H and O–H groups in total. The first-order chi connectivity index (χ1) is 14.5. The van der Waals surface area contributed by atoms with E-state index in [0.717, 1.165) is 24.2 Å². The number of methoxy groups -OCH3 is 1. The summed E-state index contributed by atoms with van der Waals surface area (Å²) in [6, 6.07) is 5.95. The quantitative estimate of drug-likeness (QED) is 0.536. The molecule has 1 atom stereocenters. The van der Waals surface area contributed by atoms with Crippen LogP contribution >= 0.6 is 0 Å². The summed E-state index contributed by atoms with van der Waals surface area (Å²) >= 11 is 0. The third-order valence-electron chi connectivity index (χ3n) is 5.47. The molecular weight excluding hydrogens is 406 g/mol. The Morgan fingerprint density at radius 1 is 1.27 bits per heavy atom. The summed E-state index contributed by atoms with van der Waals surface area (Å²) in [7, 11) is -1.76. The monoisotopic (exact) mass is 427 g/mol. The Kier molecular flexibility index (Phi) is 4.54. The molecule has 2 aromatic heterocycles. The second-order valence-electron chi connectivity index (χ2n) is 7.33. The summed E-state index contributed by atoms with van der Waals surface area (Å²) in [5, 5.41) is 13.1. The fraction of sp³-hybridized carbons (Fsp3) is 0.368. The van der Waals surface area contributed by atoms with Gasteiger partial charge in [-0.3, -0.25) is 5.10 Å². The van der Waals surface area contributed by atoms with Crippen molar-refractivity contribution in [1.29, 1.82) is 0 Å². The molecule has 0 radical (unpaired) electrons. The standard InChI is InChI=1S/C19H21N7O3S/c1-29-12-3-4-13-11(8-12)2-5-14(13)23-18-17-15(6-7-30(17,27)28)24-19(25-18)20-9-16-21-10-22-26-16/h3-4,8,10,14H,2,5-7,9H2,1H3,(H,21,22,26)(H2,20,23,24,25). The van der Waals surface area contributed by atoms with E-state index in [-0.39, 0.29) is 16.7 Å². The van der Waals surface area contributed by atoms with Gasteiger partial charge in [-0.05, 0) is 36.1 Å². The van der Waals surface area contributed by atoms with Crippen LogP contribution in [-0.4, -0.2) is 46.4 Å². The number of nitrogens with zero attached hydrogens (tertiary/aromatic N) is 4. The topological polar surface area (TPSA) is 135 Å². The molecule has 0 spiro atoms. The van der Waals surface area contributed by atoms with Crippen molar-refractivity contribution in [3.8, 4) is 5.75 Å². The van der Waals surface area contributed by atoms with Gasteiger partial charge in [0.05, 0.1) is 31.1 Å². The number of aryl methyl sites for hydroxylation is 2. The lowest BCUT2D eigenvalue weighted by Crippen LogP contribution is -2.15. The second kappa shape index (κ2) is 7.24. The second-order valence-corrected chi connectivity index (χ2v) is 9.37. The number of aromatic amines is 1. The van der Waals surface area contributed by atoms with Gasteiger partial charge >= 0.3 is 0 Å². The molecule has 3 aromatic rings. The van der Waals surface area contributed by atoms with Crippen molar-refractivity contribution in [2.75, 3.05) is 23.5 Å². The molecule has 2 aliphatic rings. The predicted octanol–water partition coefficient (Wildman–Crippen LogP) is 1.64. The first kappa shape index (κ1) is 18.8. The average Bonchev–Trinajstić information content (AvgIpc) is 3.46. The van der Waals surface area contributed by atoms with Crippen molar-refractivity contribution in [3.63, 3.8) is 0 Å². The van der Waals surface area contributed by atoms with E-state index in [9.17, 15) is 8.42 Å². The number of anilines is 2. The Labute approximate surface area is 173 Å². The predicted molar refractivity (Wildman–Crippen MR) is 109 cm³/mol. The van der Waals surface area contributed by atoms with Gasteiger partial charge in [0.25, 0.3) is 0 Å². The fourth-order valence-corrected chi connectivity index (χ4v) is 5.59. The molecule has 0 saturated carbocycles. The van der Waals surface area contributed by atoms with E-state index in [1.807, 2.05) is 18.2 Å². The van der Waals surface area contributed by atoms with E-state index in [4.69, 9.17) is 4.74 Å². The molecule has 0 bridgehead atoms. The maximum Gasteiger partial charge on any atom is 0.225 e. The first-order valence-corrected chi connectivity index (χ1v) is 11.3. The molecule has 10 nitrogen and oxygen atoms in total. The highest BCUT2D eigenvalue weighted by Crippen LogP contribution is 2.39. The van der Waals surface area contributed by atoms with E-state index >= 15 is 0 Å². The summed E-state index contributed by atoms with van der Waals surface area (Å²) in [5.41, 5.74) is 2.87. The molecule has 5 rings (SSSR count). The minimum atomic E-state index is -3.40. The third-order valence-corrected chi connectivity index (χ3v) is 7.26. The number of hydrogen-bond acceptors (Lipinski definition) is 9. The van der Waals surface area contributed by atoms with E-state index in [1.165, 1.54) is 11.9 Å². The maximum atomic E-state index is 12.7. The summed E-state index contributed by atoms with van der Waals surface area (Å²) in [6.45, 7) is 0.358. The number of sulfone groups is 1. The van der Waals surface area contributed by atoms with Crippen LogP contribution < -0.4 is 15.4 Å². The van der Waals surface area contributed by atoms with Crippen LogP contribution in [0.4, 0.5) is 11.8 Å². The number of benzene rings is 1. The lowest BCUT2D eigenvalue weighted by atomic mass is 10.1. The molecule has 1 unspecified atom stereocenters. The van der Waals surface area contributed by atoms with Gasteiger partial charge < -0.3 is 15.4 Å². The van der Waals surface area contributed by atoms with Crippen LogP contribution in [0, 0.1) is 0 Å². The molecular formula is C19H21N7O3S. The molecule has 3 heterocycles.